The van der Waals surface area contributed by atoms with Crippen molar-refractivity contribution in [2.75, 3.05) is 7.05 Å². The molecule has 0 fully saturated rings. The van der Waals surface area contributed by atoms with E-state index >= 15 is 0 Å². The molecule has 0 aromatic heterocycles. The lowest BCUT2D eigenvalue weighted by Crippen LogP contribution is -2.22. The number of allylic oxidation sites excluding steroid dienone is 2. The fourth-order valence-electron chi connectivity index (χ4n) is 0.746. The predicted octanol–water partition coefficient (Wildman–Crippen LogP) is 3.00. The van der Waals surface area contributed by atoms with Gasteiger partial charge in [0, 0.05) is 12.5 Å². The lowest BCUT2D eigenvalue weighted by molar-refractivity contribution is 0.347. The number of nitrogens with zero attached hydrogens (tertiary/aromatic N) is 1. The van der Waals surface area contributed by atoms with Crippen LogP contribution >= 0.6 is 0 Å². The number of hydrogen-bond acceptors (Lipinski definition) is 2. The van der Waals surface area contributed by atoms with Crippen molar-refractivity contribution in [1.29, 1.82) is 0 Å². The van der Waals surface area contributed by atoms with Crippen LogP contribution in [0.25, 0.3) is 0 Å². The molecule has 0 aliphatic rings. The largest absolute Gasteiger partial charge is 0.448 e. The number of aliphatic imine (C=N–C) groups is 1. The third-order valence-corrected chi connectivity index (χ3v) is 1.51. The van der Waals surface area contributed by atoms with E-state index in [0.29, 0.717) is 0 Å². The van der Waals surface area contributed by atoms with Gasteiger partial charge in [-0.3, -0.25) is 4.99 Å². The summed E-state index contributed by atoms with van der Waals surface area (Å²) in [5.74, 6) is 1.67. The molecule has 0 heterocycles. The Morgan fingerprint density at radius 3 is 2.08 bits per heavy atom. The van der Waals surface area contributed by atoms with Crippen LogP contribution in [0.4, 0.5) is 0 Å². The quantitative estimate of drug-likeness (QED) is 0.336. The van der Waals surface area contributed by atoms with Gasteiger partial charge in [0.1, 0.15) is 0 Å². The first-order valence-corrected chi connectivity index (χ1v) is 4.20. The topological polar surface area (TPSA) is 21.6 Å². The monoisotopic (exact) mass is 169 g/mol. The molecule has 0 bridgehead atoms. The number of rotatable bonds is 1. The molecule has 2 nitrogen and oxygen atoms in total. The molecule has 0 amide bonds. The fourth-order valence-corrected chi connectivity index (χ4v) is 0.746. The van der Waals surface area contributed by atoms with Crippen LogP contribution < -0.4 is 0 Å². The second-order valence-corrected chi connectivity index (χ2v) is 3.78. The summed E-state index contributed by atoms with van der Waals surface area (Å²) in [5.41, 5.74) is -0.0149. The van der Waals surface area contributed by atoms with Crippen LogP contribution in [-0.2, 0) is 4.74 Å². The zero-order valence-corrected chi connectivity index (χ0v) is 8.93. The highest BCUT2D eigenvalue weighted by Gasteiger charge is 2.20. The summed E-state index contributed by atoms with van der Waals surface area (Å²) in [6, 6.07) is 0. The molecule has 0 saturated heterocycles. The summed E-state index contributed by atoms with van der Waals surface area (Å²) in [5, 5.41) is 0. The standard InChI is InChI=1S/C10H19NO/c1-7-8(2)12-9(11-6)10(3,4)5/h7H,1-6H3/b8-7-,11-9?. The molecule has 0 aliphatic carbocycles. The minimum atomic E-state index is -0.0149. The van der Waals surface area contributed by atoms with Gasteiger partial charge in [-0.05, 0) is 19.9 Å². The average Bonchev–Trinajstić information content (AvgIpc) is 1.97. The van der Waals surface area contributed by atoms with Crippen LogP contribution in [0.15, 0.2) is 16.8 Å². The Bertz CT molecular complexity index is 196. The molecule has 0 atom stereocenters. The second-order valence-electron chi connectivity index (χ2n) is 3.78. The van der Waals surface area contributed by atoms with E-state index in [1.54, 1.807) is 7.05 Å². The lowest BCUT2D eigenvalue weighted by atomic mass is 9.96. The summed E-state index contributed by atoms with van der Waals surface area (Å²) < 4.78 is 5.52. The summed E-state index contributed by atoms with van der Waals surface area (Å²) >= 11 is 0. The van der Waals surface area contributed by atoms with Crippen LogP contribution in [0.1, 0.15) is 34.6 Å². The molecule has 0 N–H and O–H groups in total. The molecular weight excluding hydrogens is 150 g/mol. The highest BCUT2D eigenvalue weighted by Crippen LogP contribution is 2.18. The van der Waals surface area contributed by atoms with Crippen molar-refractivity contribution in [2.24, 2.45) is 10.4 Å². The van der Waals surface area contributed by atoms with Gasteiger partial charge in [0.25, 0.3) is 0 Å². The highest BCUT2D eigenvalue weighted by atomic mass is 16.5. The zero-order chi connectivity index (χ0) is 9.78. The maximum Gasteiger partial charge on any atom is 0.194 e. The van der Waals surface area contributed by atoms with Gasteiger partial charge in [0.2, 0.25) is 0 Å². The Morgan fingerprint density at radius 2 is 1.83 bits per heavy atom. The van der Waals surface area contributed by atoms with E-state index in [9.17, 15) is 0 Å². The van der Waals surface area contributed by atoms with Crippen molar-refractivity contribution < 1.29 is 4.74 Å². The van der Waals surface area contributed by atoms with E-state index in [1.165, 1.54) is 0 Å². The SMILES string of the molecule is C/C=C(/C)OC(=NC)C(C)(C)C. The molecule has 0 rings (SSSR count). The minimum absolute atomic E-state index is 0.0149. The number of ether oxygens (including phenoxy) is 1. The van der Waals surface area contributed by atoms with E-state index in [1.807, 2.05) is 19.9 Å². The third-order valence-electron chi connectivity index (χ3n) is 1.51. The first-order valence-electron chi connectivity index (χ1n) is 4.20. The molecular formula is C10H19NO. The molecule has 12 heavy (non-hydrogen) atoms. The van der Waals surface area contributed by atoms with Gasteiger partial charge >= 0.3 is 0 Å². The third kappa shape index (κ3) is 3.56. The van der Waals surface area contributed by atoms with Gasteiger partial charge in [-0.25, -0.2) is 0 Å². The van der Waals surface area contributed by atoms with E-state index in [2.05, 4.69) is 25.8 Å². The van der Waals surface area contributed by atoms with Crippen LogP contribution in [0.5, 0.6) is 0 Å². The smallest absolute Gasteiger partial charge is 0.194 e. The maximum absolute atomic E-state index is 5.52. The Morgan fingerprint density at radius 1 is 1.33 bits per heavy atom. The van der Waals surface area contributed by atoms with Crippen LogP contribution in [0.3, 0.4) is 0 Å². The Labute approximate surface area is 75.3 Å². The Hall–Kier alpha value is -0.790. The minimum Gasteiger partial charge on any atom is -0.448 e. The average molecular weight is 169 g/mol. The molecule has 2 heteroatoms. The molecule has 0 aromatic rings. The fraction of sp³-hybridized carbons (Fsp3) is 0.700. The van der Waals surface area contributed by atoms with Crippen molar-refractivity contribution in [3.05, 3.63) is 11.8 Å². The van der Waals surface area contributed by atoms with Gasteiger partial charge in [0.15, 0.2) is 5.90 Å². The van der Waals surface area contributed by atoms with Crippen molar-refractivity contribution in [1.82, 2.24) is 0 Å². The van der Waals surface area contributed by atoms with Crippen molar-refractivity contribution >= 4 is 5.90 Å². The molecule has 0 radical (unpaired) electrons. The van der Waals surface area contributed by atoms with Crippen molar-refractivity contribution in [2.45, 2.75) is 34.6 Å². The second kappa shape index (κ2) is 4.29. The lowest BCUT2D eigenvalue weighted by Gasteiger charge is -2.21. The van der Waals surface area contributed by atoms with Crippen molar-refractivity contribution in [3.63, 3.8) is 0 Å². The molecule has 0 saturated carbocycles. The van der Waals surface area contributed by atoms with E-state index in [4.69, 9.17) is 4.74 Å². The first kappa shape index (κ1) is 11.2. The van der Waals surface area contributed by atoms with Crippen molar-refractivity contribution in [3.8, 4) is 0 Å². The van der Waals surface area contributed by atoms with Gasteiger partial charge in [0.05, 0.1) is 5.76 Å². The Kier molecular flexibility index (Phi) is 4.01. The van der Waals surface area contributed by atoms with Crippen LogP contribution in [0, 0.1) is 5.41 Å². The molecule has 0 unspecified atom stereocenters. The summed E-state index contributed by atoms with van der Waals surface area (Å²) in [7, 11) is 1.75. The zero-order valence-electron chi connectivity index (χ0n) is 8.93. The summed E-state index contributed by atoms with van der Waals surface area (Å²) in [4.78, 5) is 4.10. The molecule has 70 valence electrons. The van der Waals surface area contributed by atoms with E-state index in [0.717, 1.165) is 11.7 Å². The Balaban J connectivity index is 4.43. The summed E-state index contributed by atoms with van der Waals surface area (Å²) in [6.45, 7) is 10.1. The van der Waals surface area contributed by atoms with E-state index < -0.39 is 0 Å². The highest BCUT2D eigenvalue weighted by molar-refractivity contribution is 5.82. The summed E-state index contributed by atoms with van der Waals surface area (Å²) in [6.07, 6.45) is 1.93. The first-order chi connectivity index (χ1) is 5.41. The molecule has 0 aliphatic heterocycles. The van der Waals surface area contributed by atoms with Crippen LogP contribution in [-0.4, -0.2) is 12.9 Å². The van der Waals surface area contributed by atoms with E-state index in [-0.39, 0.29) is 5.41 Å². The predicted molar refractivity (Wildman–Crippen MR) is 53.3 cm³/mol. The van der Waals surface area contributed by atoms with Gasteiger partial charge in [-0.1, -0.05) is 20.8 Å². The van der Waals surface area contributed by atoms with Gasteiger partial charge < -0.3 is 4.74 Å². The number of hydrogen-bond donors (Lipinski definition) is 0. The maximum atomic E-state index is 5.52. The molecule has 0 aromatic carbocycles. The van der Waals surface area contributed by atoms with Gasteiger partial charge in [-0.15, -0.1) is 0 Å². The van der Waals surface area contributed by atoms with Gasteiger partial charge in [-0.2, -0.15) is 0 Å². The van der Waals surface area contributed by atoms with Crippen LogP contribution in [0.2, 0.25) is 0 Å². The molecule has 0 spiro atoms. The normalized spacial score (nSPS) is 14.8.